The van der Waals surface area contributed by atoms with Crippen molar-refractivity contribution in [2.45, 2.75) is 0 Å². The molecule has 3 nitrogen and oxygen atoms in total. The molecular formula is C14H15N2OS+. The summed E-state index contributed by atoms with van der Waals surface area (Å²) in [6, 6.07) is 10.2. The number of amidine groups is 1. The minimum Gasteiger partial charge on any atom is -0.373 e. The molecule has 2 aliphatic rings. The number of aliphatic imine (C=N–C) groups is 1. The smallest absolute Gasteiger partial charge is 0.360 e. The van der Waals surface area contributed by atoms with Gasteiger partial charge in [-0.15, -0.1) is 0 Å². The number of allylic oxidation sites excluding steroid dienone is 1. The van der Waals surface area contributed by atoms with Gasteiger partial charge in [0.2, 0.25) is 0 Å². The van der Waals surface area contributed by atoms with Gasteiger partial charge in [0.15, 0.2) is 5.71 Å². The zero-order valence-corrected chi connectivity index (χ0v) is 10.9. The summed E-state index contributed by atoms with van der Waals surface area (Å²) in [7, 11) is 0. The fraction of sp³-hybridized carbons (Fsp3) is 0.286. The monoisotopic (exact) mass is 259 g/mol. The van der Waals surface area contributed by atoms with E-state index in [2.05, 4.69) is 23.3 Å². The summed E-state index contributed by atoms with van der Waals surface area (Å²) < 4.78 is 7.64. The minimum atomic E-state index is 0.784. The van der Waals surface area contributed by atoms with Crippen molar-refractivity contribution < 1.29 is 9.31 Å². The van der Waals surface area contributed by atoms with E-state index < -0.39 is 0 Å². The van der Waals surface area contributed by atoms with Gasteiger partial charge in [0.1, 0.15) is 13.1 Å². The number of thioether (sulfide) groups is 1. The molecule has 1 aromatic carbocycles. The van der Waals surface area contributed by atoms with Crippen molar-refractivity contribution >= 4 is 22.6 Å². The summed E-state index contributed by atoms with van der Waals surface area (Å²) in [5.41, 5.74) is 2.14. The van der Waals surface area contributed by atoms with E-state index in [1.807, 2.05) is 18.2 Å². The lowest BCUT2D eigenvalue weighted by molar-refractivity contribution is -0.547. The van der Waals surface area contributed by atoms with Gasteiger partial charge in [-0.25, -0.2) is 4.58 Å². The zero-order chi connectivity index (χ0) is 12.4. The molecule has 0 N–H and O–H groups in total. The molecule has 4 heteroatoms. The molecule has 1 aromatic rings. The molecule has 0 spiro atoms. The number of hydrogen-bond donors (Lipinski definition) is 0. The van der Waals surface area contributed by atoms with Gasteiger partial charge in [-0.05, 0) is 4.99 Å². The van der Waals surface area contributed by atoms with Gasteiger partial charge in [0.05, 0.1) is 18.1 Å². The Labute approximate surface area is 111 Å². The average molecular weight is 259 g/mol. The molecule has 0 bridgehead atoms. The molecule has 92 valence electrons. The van der Waals surface area contributed by atoms with Gasteiger partial charge in [0.25, 0.3) is 0 Å². The zero-order valence-electron chi connectivity index (χ0n) is 10.1. The highest BCUT2D eigenvalue weighted by Gasteiger charge is 2.30. The Kier molecular flexibility index (Phi) is 3.30. The average Bonchev–Trinajstić information content (AvgIpc) is 2.83. The van der Waals surface area contributed by atoms with Crippen LogP contribution in [0.4, 0.5) is 0 Å². The highest BCUT2D eigenvalue weighted by Crippen LogP contribution is 2.29. The molecule has 0 aromatic heterocycles. The number of morpholine rings is 1. The summed E-state index contributed by atoms with van der Waals surface area (Å²) in [5, 5.41) is 1.06. The Hall–Kier alpha value is -1.39. The van der Waals surface area contributed by atoms with E-state index >= 15 is 0 Å². The third kappa shape index (κ3) is 2.26. The van der Waals surface area contributed by atoms with Gasteiger partial charge >= 0.3 is 5.17 Å². The first-order chi connectivity index (χ1) is 8.84. The van der Waals surface area contributed by atoms with Crippen LogP contribution in [-0.2, 0) is 4.74 Å². The van der Waals surface area contributed by atoms with Crippen LogP contribution in [0.1, 0.15) is 5.56 Å². The van der Waals surface area contributed by atoms with E-state index in [1.165, 1.54) is 0 Å². The molecule has 0 saturated carbocycles. The topological polar surface area (TPSA) is 24.6 Å². The standard InChI is InChI=1S/C14H15N2OS/c1-11-13(12-5-3-2-4-6-12)15-14(18-11)16-7-9-17-10-8-16/h2-6H,1,7-10H2/q+1. The fourth-order valence-corrected chi connectivity index (χ4v) is 2.98. The van der Waals surface area contributed by atoms with Crippen LogP contribution in [0.25, 0.3) is 0 Å². The Morgan fingerprint density at radius 3 is 2.61 bits per heavy atom. The number of rotatable bonds is 1. The predicted molar refractivity (Wildman–Crippen MR) is 75.5 cm³/mol. The maximum atomic E-state index is 5.36. The predicted octanol–water partition coefficient (Wildman–Crippen LogP) is 2.13. The summed E-state index contributed by atoms with van der Waals surface area (Å²) in [6.45, 7) is 7.52. The molecule has 1 saturated heterocycles. The number of hydrogen-bond acceptors (Lipinski definition) is 2. The maximum Gasteiger partial charge on any atom is 0.360 e. The summed E-state index contributed by atoms with van der Waals surface area (Å²) in [6.07, 6.45) is 0. The fourth-order valence-electron chi connectivity index (χ4n) is 2.05. The van der Waals surface area contributed by atoms with Crippen molar-refractivity contribution in [1.82, 2.24) is 0 Å². The Balaban J connectivity index is 1.94. The quantitative estimate of drug-likeness (QED) is 0.722. The molecule has 0 unspecified atom stereocenters. The Morgan fingerprint density at radius 1 is 1.17 bits per heavy atom. The molecule has 0 aliphatic carbocycles. The molecule has 0 radical (unpaired) electrons. The molecule has 18 heavy (non-hydrogen) atoms. The lowest BCUT2D eigenvalue weighted by atomic mass is 10.1. The molecule has 2 aliphatic heterocycles. The van der Waals surface area contributed by atoms with Gasteiger partial charge in [-0.1, -0.05) is 36.9 Å². The second-order valence-corrected chi connectivity index (χ2v) is 5.30. The van der Waals surface area contributed by atoms with Crippen LogP contribution in [0, 0.1) is 0 Å². The Morgan fingerprint density at radius 2 is 1.89 bits per heavy atom. The van der Waals surface area contributed by atoms with E-state index in [0.717, 1.165) is 47.7 Å². The van der Waals surface area contributed by atoms with E-state index in [-0.39, 0.29) is 0 Å². The van der Waals surface area contributed by atoms with E-state index in [0.29, 0.717) is 0 Å². The largest absolute Gasteiger partial charge is 0.373 e. The third-order valence-corrected chi connectivity index (χ3v) is 3.99. The second kappa shape index (κ2) is 5.08. The summed E-state index contributed by atoms with van der Waals surface area (Å²) in [5.74, 6) is 0. The molecule has 2 heterocycles. The first-order valence-electron chi connectivity index (χ1n) is 6.05. The van der Waals surface area contributed by atoms with E-state index in [9.17, 15) is 0 Å². The minimum absolute atomic E-state index is 0.784. The van der Waals surface area contributed by atoms with Gasteiger partial charge in [0, 0.05) is 17.3 Å². The van der Waals surface area contributed by atoms with Gasteiger partial charge in [-0.2, -0.15) is 0 Å². The van der Waals surface area contributed by atoms with Crippen molar-refractivity contribution in [3.63, 3.8) is 0 Å². The molecular weight excluding hydrogens is 244 g/mol. The maximum absolute atomic E-state index is 5.36. The summed E-state index contributed by atoms with van der Waals surface area (Å²) in [4.78, 5) is 5.76. The number of benzene rings is 1. The number of ether oxygens (including phenoxy) is 1. The molecule has 1 fully saturated rings. The normalized spacial score (nSPS) is 20.2. The van der Waals surface area contributed by atoms with Gasteiger partial charge in [-0.3, -0.25) is 0 Å². The SMILES string of the molecule is C=C1SC(=[N+]2CCOCC2)N=C1c1ccccc1. The van der Waals surface area contributed by atoms with Crippen LogP contribution in [0.3, 0.4) is 0 Å². The lowest BCUT2D eigenvalue weighted by Crippen LogP contribution is -2.31. The third-order valence-electron chi connectivity index (χ3n) is 3.01. The van der Waals surface area contributed by atoms with Crippen LogP contribution in [0.2, 0.25) is 0 Å². The molecule has 0 atom stereocenters. The van der Waals surface area contributed by atoms with E-state index in [1.54, 1.807) is 11.8 Å². The van der Waals surface area contributed by atoms with Crippen LogP contribution < -0.4 is 0 Å². The van der Waals surface area contributed by atoms with Crippen LogP contribution in [0.15, 0.2) is 46.8 Å². The highest BCUT2D eigenvalue weighted by molar-refractivity contribution is 8.18. The van der Waals surface area contributed by atoms with Crippen molar-refractivity contribution in [2.24, 2.45) is 4.99 Å². The van der Waals surface area contributed by atoms with Crippen LogP contribution >= 0.6 is 11.8 Å². The lowest BCUT2D eigenvalue weighted by Gasteiger charge is -2.13. The van der Waals surface area contributed by atoms with Crippen LogP contribution in [0.5, 0.6) is 0 Å². The molecule has 3 rings (SSSR count). The van der Waals surface area contributed by atoms with Crippen molar-refractivity contribution in [3.8, 4) is 0 Å². The second-order valence-electron chi connectivity index (χ2n) is 4.23. The van der Waals surface area contributed by atoms with Gasteiger partial charge < -0.3 is 4.74 Å². The molecule has 0 amide bonds. The van der Waals surface area contributed by atoms with Crippen molar-refractivity contribution in [1.29, 1.82) is 0 Å². The van der Waals surface area contributed by atoms with Crippen LogP contribution in [-0.4, -0.2) is 41.8 Å². The Bertz CT molecular complexity index is 526. The van der Waals surface area contributed by atoms with Crippen molar-refractivity contribution in [3.05, 3.63) is 47.4 Å². The first-order valence-corrected chi connectivity index (χ1v) is 6.87. The van der Waals surface area contributed by atoms with E-state index in [4.69, 9.17) is 9.73 Å². The van der Waals surface area contributed by atoms with Crippen molar-refractivity contribution in [2.75, 3.05) is 26.3 Å². The highest BCUT2D eigenvalue weighted by atomic mass is 32.2. The summed E-state index contributed by atoms with van der Waals surface area (Å²) >= 11 is 1.66. The number of nitrogens with zero attached hydrogens (tertiary/aromatic N) is 2. The first kappa shape index (κ1) is 11.7.